The van der Waals surface area contributed by atoms with E-state index in [1.165, 1.54) is 0 Å². The third-order valence-electron chi connectivity index (χ3n) is 2.16. The Balaban J connectivity index is 3.18. The van der Waals surface area contributed by atoms with Gasteiger partial charge in [-0.25, -0.2) is 4.39 Å². The molecular formula is C10H11F4NO. The molecule has 0 aromatic heterocycles. The molecule has 1 atom stereocenters. The molecule has 1 aromatic rings. The van der Waals surface area contributed by atoms with Crippen LogP contribution in [0.5, 0.6) is 0 Å². The van der Waals surface area contributed by atoms with E-state index >= 15 is 0 Å². The van der Waals surface area contributed by atoms with Crippen LogP contribution in [0.1, 0.15) is 23.6 Å². The number of aliphatic hydroxyl groups is 1. The molecule has 0 aliphatic carbocycles. The quantitative estimate of drug-likeness (QED) is 0.792. The second-order valence-corrected chi connectivity index (χ2v) is 3.35. The standard InChI is InChI=1S/C10H11F4NO/c11-6-1-2-7(9(15)3-4-16)8(5-6)10(12,13)14/h1-2,5,9,16H,3-4,15H2. The summed E-state index contributed by atoms with van der Waals surface area (Å²) in [7, 11) is 0. The van der Waals surface area contributed by atoms with Gasteiger partial charge in [0.2, 0.25) is 0 Å². The summed E-state index contributed by atoms with van der Waals surface area (Å²) in [5.74, 6) is -0.965. The van der Waals surface area contributed by atoms with Crippen LogP contribution in [0, 0.1) is 5.82 Å². The van der Waals surface area contributed by atoms with Crippen LogP contribution < -0.4 is 5.73 Å². The van der Waals surface area contributed by atoms with Crippen molar-refractivity contribution in [3.63, 3.8) is 0 Å². The summed E-state index contributed by atoms with van der Waals surface area (Å²) >= 11 is 0. The maximum Gasteiger partial charge on any atom is 0.416 e. The van der Waals surface area contributed by atoms with Gasteiger partial charge in [-0.05, 0) is 24.1 Å². The summed E-state index contributed by atoms with van der Waals surface area (Å²) in [6.45, 7) is -0.324. The van der Waals surface area contributed by atoms with Crippen LogP contribution in [-0.4, -0.2) is 11.7 Å². The summed E-state index contributed by atoms with van der Waals surface area (Å²) in [6, 6.07) is 1.37. The van der Waals surface area contributed by atoms with Gasteiger partial charge in [-0.15, -0.1) is 0 Å². The van der Waals surface area contributed by atoms with Gasteiger partial charge >= 0.3 is 6.18 Å². The average molecular weight is 237 g/mol. The first kappa shape index (κ1) is 12.9. The monoisotopic (exact) mass is 237 g/mol. The number of benzene rings is 1. The molecule has 3 N–H and O–H groups in total. The van der Waals surface area contributed by atoms with Gasteiger partial charge in [0, 0.05) is 12.6 Å². The van der Waals surface area contributed by atoms with E-state index in [2.05, 4.69) is 0 Å². The van der Waals surface area contributed by atoms with Crippen molar-refractivity contribution in [1.82, 2.24) is 0 Å². The summed E-state index contributed by atoms with van der Waals surface area (Å²) < 4.78 is 50.4. The molecule has 0 saturated heterocycles. The van der Waals surface area contributed by atoms with Crippen molar-refractivity contribution in [2.45, 2.75) is 18.6 Å². The molecular weight excluding hydrogens is 226 g/mol. The van der Waals surface area contributed by atoms with Gasteiger partial charge in [0.15, 0.2) is 0 Å². The van der Waals surface area contributed by atoms with Crippen LogP contribution in [0.2, 0.25) is 0 Å². The first-order chi connectivity index (χ1) is 7.36. The van der Waals surface area contributed by atoms with E-state index in [0.29, 0.717) is 6.07 Å². The molecule has 0 radical (unpaired) electrons. The molecule has 1 unspecified atom stereocenters. The number of nitrogens with two attached hydrogens (primary N) is 1. The number of hydrogen-bond donors (Lipinski definition) is 2. The van der Waals surface area contributed by atoms with E-state index < -0.39 is 23.6 Å². The zero-order valence-electron chi connectivity index (χ0n) is 8.26. The molecule has 0 amide bonds. The third-order valence-corrected chi connectivity index (χ3v) is 2.16. The molecule has 0 bridgehead atoms. The second kappa shape index (κ2) is 4.80. The van der Waals surface area contributed by atoms with Crippen molar-refractivity contribution in [2.24, 2.45) is 5.73 Å². The molecule has 1 rings (SSSR count). The third kappa shape index (κ3) is 2.93. The Morgan fingerprint density at radius 2 is 1.94 bits per heavy atom. The van der Waals surface area contributed by atoms with Crippen molar-refractivity contribution in [3.8, 4) is 0 Å². The molecule has 2 nitrogen and oxygen atoms in total. The fourth-order valence-corrected chi connectivity index (χ4v) is 1.39. The van der Waals surface area contributed by atoms with Crippen molar-refractivity contribution in [1.29, 1.82) is 0 Å². The van der Waals surface area contributed by atoms with E-state index in [1.807, 2.05) is 0 Å². The highest BCUT2D eigenvalue weighted by molar-refractivity contribution is 5.32. The predicted molar refractivity (Wildman–Crippen MR) is 50.0 cm³/mol. The summed E-state index contributed by atoms with van der Waals surface area (Å²) in [5, 5.41) is 8.61. The van der Waals surface area contributed by atoms with Crippen molar-refractivity contribution < 1.29 is 22.7 Å². The maximum atomic E-state index is 12.7. The minimum absolute atomic E-state index is 0.00525. The Morgan fingerprint density at radius 1 is 1.31 bits per heavy atom. The van der Waals surface area contributed by atoms with Crippen LogP contribution in [0.4, 0.5) is 17.6 Å². The second-order valence-electron chi connectivity index (χ2n) is 3.35. The van der Waals surface area contributed by atoms with Gasteiger partial charge in [-0.3, -0.25) is 0 Å². The highest BCUT2D eigenvalue weighted by Gasteiger charge is 2.34. The Bertz CT molecular complexity index is 364. The van der Waals surface area contributed by atoms with E-state index in [-0.39, 0.29) is 18.6 Å². The minimum atomic E-state index is -4.65. The fourth-order valence-electron chi connectivity index (χ4n) is 1.39. The number of aliphatic hydroxyl groups excluding tert-OH is 1. The maximum absolute atomic E-state index is 12.7. The van der Waals surface area contributed by atoms with Gasteiger partial charge in [0.05, 0.1) is 5.56 Å². The lowest BCUT2D eigenvalue weighted by Gasteiger charge is -2.17. The summed E-state index contributed by atoms with van der Waals surface area (Å²) in [4.78, 5) is 0. The summed E-state index contributed by atoms with van der Waals surface area (Å²) in [5.41, 5.74) is 4.18. The largest absolute Gasteiger partial charge is 0.416 e. The Kier molecular flexibility index (Phi) is 3.88. The molecule has 0 aliphatic rings. The van der Waals surface area contributed by atoms with E-state index in [4.69, 9.17) is 10.8 Å². The fraction of sp³-hybridized carbons (Fsp3) is 0.400. The molecule has 6 heteroatoms. The van der Waals surface area contributed by atoms with Gasteiger partial charge in [-0.1, -0.05) is 6.07 Å². The lowest BCUT2D eigenvalue weighted by molar-refractivity contribution is -0.138. The van der Waals surface area contributed by atoms with Crippen LogP contribution in [-0.2, 0) is 6.18 Å². The van der Waals surface area contributed by atoms with Crippen LogP contribution >= 0.6 is 0 Å². The van der Waals surface area contributed by atoms with Gasteiger partial charge in [0.1, 0.15) is 5.82 Å². The molecule has 1 aromatic carbocycles. The van der Waals surface area contributed by atoms with E-state index in [9.17, 15) is 17.6 Å². The first-order valence-corrected chi connectivity index (χ1v) is 4.59. The molecule has 0 spiro atoms. The molecule has 90 valence electrons. The normalized spacial score (nSPS) is 13.9. The zero-order chi connectivity index (χ0) is 12.3. The number of halogens is 4. The van der Waals surface area contributed by atoms with Crippen LogP contribution in [0.3, 0.4) is 0 Å². The van der Waals surface area contributed by atoms with Gasteiger partial charge in [-0.2, -0.15) is 13.2 Å². The Labute approximate surface area is 89.7 Å². The number of alkyl halides is 3. The molecule has 0 heterocycles. The highest BCUT2D eigenvalue weighted by atomic mass is 19.4. The topological polar surface area (TPSA) is 46.2 Å². The average Bonchev–Trinajstić information content (AvgIpc) is 2.16. The molecule has 0 saturated carbocycles. The number of hydrogen-bond acceptors (Lipinski definition) is 2. The Morgan fingerprint density at radius 3 is 2.44 bits per heavy atom. The summed E-state index contributed by atoms with van der Waals surface area (Å²) in [6.07, 6.45) is -4.65. The molecule has 0 fully saturated rings. The highest BCUT2D eigenvalue weighted by Crippen LogP contribution is 2.35. The van der Waals surface area contributed by atoms with E-state index in [1.54, 1.807) is 0 Å². The zero-order valence-corrected chi connectivity index (χ0v) is 8.26. The lowest BCUT2D eigenvalue weighted by atomic mass is 9.98. The lowest BCUT2D eigenvalue weighted by Crippen LogP contribution is -2.18. The number of rotatable bonds is 3. The van der Waals surface area contributed by atoms with Gasteiger partial charge < -0.3 is 10.8 Å². The minimum Gasteiger partial charge on any atom is -0.396 e. The molecule has 16 heavy (non-hydrogen) atoms. The molecule has 0 aliphatic heterocycles. The van der Waals surface area contributed by atoms with Crippen LogP contribution in [0.15, 0.2) is 18.2 Å². The van der Waals surface area contributed by atoms with Crippen molar-refractivity contribution >= 4 is 0 Å². The smallest absolute Gasteiger partial charge is 0.396 e. The Hall–Kier alpha value is -1.14. The van der Waals surface area contributed by atoms with Crippen LogP contribution in [0.25, 0.3) is 0 Å². The van der Waals surface area contributed by atoms with E-state index in [0.717, 1.165) is 12.1 Å². The van der Waals surface area contributed by atoms with Gasteiger partial charge in [0.25, 0.3) is 0 Å². The van der Waals surface area contributed by atoms with Crippen molar-refractivity contribution in [3.05, 3.63) is 35.1 Å². The SMILES string of the molecule is NC(CCO)c1ccc(F)cc1C(F)(F)F. The van der Waals surface area contributed by atoms with Crippen molar-refractivity contribution in [2.75, 3.05) is 6.61 Å². The first-order valence-electron chi connectivity index (χ1n) is 4.59. The predicted octanol–water partition coefficient (Wildman–Crippen LogP) is 2.23.